The molecule has 0 aromatic heterocycles. The Morgan fingerprint density at radius 1 is 1.24 bits per heavy atom. The number of nitrogens with two attached hydrogens (primary N) is 3. The predicted molar refractivity (Wildman–Crippen MR) is 73.0 cm³/mol. The normalized spacial score (nSPS) is 14.2. The van der Waals surface area contributed by atoms with Gasteiger partial charge in [0.2, 0.25) is 0 Å². The molecule has 0 spiro atoms. The number of nitrogens with one attached hydrogen (secondary N) is 1. The zero-order valence-corrected chi connectivity index (χ0v) is 9.93. The van der Waals surface area contributed by atoms with Crippen LogP contribution < -0.4 is 17.2 Å². The lowest BCUT2D eigenvalue weighted by Crippen LogP contribution is -2.09. The molecule has 0 atom stereocenters. The molecule has 0 aromatic rings. The second-order valence-corrected chi connectivity index (χ2v) is 3.26. The molecule has 7 heteroatoms. The van der Waals surface area contributed by atoms with Crippen LogP contribution in [0.5, 0.6) is 0 Å². The van der Waals surface area contributed by atoms with Gasteiger partial charge in [0, 0.05) is 6.20 Å². The summed E-state index contributed by atoms with van der Waals surface area (Å²) >= 11 is 5.36. The van der Waals surface area contributed by atoms with Crippen LogP contribution in [0.3, 0.4) is 0 Å². The lowest BCUT2D eigenvalue weighted by atomic mass is 10.3. The van der Waals surface area contributed by atoms with Crippen molar-refractivity contribution in [3.8, 4) is 0 Å². The summed E-state index contributed by atoms with van der Waals surface area (Å²) in [6, 6.07) is 0. The maximum absolute atomic E-state index is 6.87. The highest BCUT2D eigenvalue weighted by atomic mass is 35.5. The Morgan fingerprint density at radius 3 is 2.53 bits per heavy atom. The summed E-state index contributed by atoms with van der Waals surface area (Å²) in [4.78, 5) is 7.52. The summed E-state index contributed by atoms with van der Waals surface area (Å²) in [5.74, 6) is 0.209. The van der Waals surface area contributed by atoms with Crippen molar-refractivity contribution >= 4 is 29.5 Å². The van der Waals surface area contributed by atoms with E-state index in [1.165, 1.54) is 18.6 Å². The fraction of sp³-hybridized carbons (Fsp3) is 0.100. The molecular formula is C10H15ClN6. The predicted octanol–water partition coefficient (Wildman–Crippen LogP) is 0.807. The van der Waals surface area contributed by atoms with Crippen LogP contribution in [0.2, 0.25) is 0 Å². The summed E-state index contributed by atoms with van der Waals surface area (Å²) in [6.45, 7) is 0. The fourth-order valence-corrected chi connectivity index (χ4v) is 0.740. The number of rotatable bonds is 6. The van der Waals surface area contributed by atoms with Gasteiger partial charge in [-0.1, -0.05) is 23.8 Å². The summed E-state index contributed by atoms with van der Waals surface area (Å²) < 4.78 is 0. The lowest BCUT2D eigenvalue weighted by molar-refractivity contribution is 1.36. The quantitative estimate of drug-likeness (QED) is 0.318. The standard InChI is InChI=1S/C10H15ClN6/c11-8(12)6-17-10(15)4-2-1-3-5-16-7-9(13)14/h2-7H,1,12H2,(H3,13,14)(H2,15,17)/b4-2+,5-3-,8-6-,16-7-. The molecule has 0 amide bonds. The first-order valence-electron chi connectivity index (χ1n) is 4.65. The van der Waals surface area contributed by atoms with E-state index < -0.39 is 0 Å². The molecule has 0 aliphatic carbocycles. The van der Waals surface area contributed by atoms with Crippen molar-refractivity contribution < 1.29 is 0 Å². The third-order valence-corrected chi connectivity index (χ3v) is 1.40. The smallest absolute Gasteiger partial charge is 0.134 e. The number of aliphatic imine (C=N–C) groups is 2. The largest absolute Gasteiger partial charge is 0.388 e. The zero-order chi connectivity index (χ0) is 13.1. The second kappa shape index (κ2) is 9.17. The number of allylic oxidation sites excluding steroid dienone is 2. The van der Waals surface area contributed by atoms with Crippen LogP contribution >= 0.6 is 11.6 Å². The molecule has 7 N–H and O–H groups in total. The van der Waals surface area contributed by atoms with Gasteiger partial charge in [0.25, 0.3) is 0 Å². The number of hydrogen-bond donors (Lipinski definition) is 4. The van der Waals surface area contributed by atoms with Crippen LogP contribution in [0.25, 0.3) is 0 Å². The summed E-state index contributed by atoms with van der Waals surface area (Å²) in [6.07, 6.45) is 9.85. The van der Waals surface area contributed by atoms with E-state index in [-0.39, 0.29) is 11.0 Å². The summed E-state index contributed by atoms with van der Waals surface area (Å²) in [7, 11) is 0. The number of nitrogens with zero attached hydrogens (tertiary/aromatic N) is 2. The van der Waals surface area contributed by atoms with Crippen molar-refractivity contribution in [3.63, 3.8) is 0 Å². The highest BCUT2D eigenvalue weighted by Gasteiger charge is 1.82. The van der Waals surface area contributed by atoms with Gasteiger partial charge in [-0.05, 0) is 12.5 Å². The van der Waals surface area contributed by atoms with Gasteiger partial charge < -0.3 is 17.2 Å². The Morgan fingerprint density at radius 2 is 1.94 bits per heavy atom. The molecule has 0 saturated carbocycles. The first kappa shape index (κ1) is 14.9. The van der Waals surface area contributed by atoms with Crippen molar-refractivity contribution in [2.24, 2.45) is 27.2 Å². The molecule has 0 unspecified atom stereocenters. The second-order valence-electron chi connectivity index (χ2n) is 2.82. The van der Waals surface area contributed by atoms with Crippen molar-refractivity contribution in [2.45, 2.75) is 6.42 Å². The van der Waals surface area contributed by atoms with Crippen LogP contribution in [0.4, 0.5) is 0 Å². The molecule has 0 saturated heterocycles. The monoisotopic (exact) mass is 254 g/mol. The van der Waals surface area contributed by atoms with E-state index >= 15 is 0 Å². The minimum Gasteiger partial charge on any atom is -0.388 e. The Kier molecular flexibility index (Phi) is 8.05. The molecule has 17 heavy (non-hydrogen) atoms. The first-order chi connectivity index (χ1) is 8.02. The van der Waals surface area contributed by atoms with E-state index in [1.807, 2.05) is 0 Å². The van der Waals surface area contributed by atoms with Crippen molar-refractivity contribution in [1.29, 1.82) is 5.41 Å². The molecule has 0 heterocycles. The van der Waals surface area contributed by atoms with Gasteiger partial charge in [-0.15, -0.1) is 0 Å². The van der Waals surface area contributed by atoms with Crippen molar-refractivity contribution in [1.82, 2.24) is 0 Å². The van der Waals surface area contributed by atoms with Crippen molar-refractivity contribution in [2.75, 3.05) is 0 Å². The van der Waals surface area contributed by atoms with E-state index in [9.17, 15) is 0 Å². The van der Waals surface area contributed by atoms with E-state index in [1.54, 1.807) is 18.2 Å². The highest BCUT2D eigenvalue weighted by Crippen LogP contribution is 1.91. The molecule has 92 valence electrons. The van der Waals surface area contributed by atoms with E-state index in [2.05, 4.69) is 9.98 Å². The minimum atomic E-state index is -0.0907. The maximum Gasteiger partial charge on any atom is 0.134 e. The van der Waals surface area contributed by atoms with E-state index in [0.29, 0.717) is 12.3 Å². The average molecular weight is 255 g/mol. The Labute approximate surface area is 105 Å². The van der Waals surface area contributed by atoms with E-state index in [0.717, 1.165) is 0 Å². The molecular weight excluding hydrogens is 240 g/mol. The van der Waals surface area contributed by atoms with Gasteiger partial charge >= 0.3 is 0 Å². The van der Waals surface area contributed by atoms with Crippen LogP contribution in [0.15, 0.2) is 45.8 Å². The molecule has 0 aliphatic heterocycles. The van der Waals surface area contributed by atoms with Gasteiger partial charge in [0.1, 0.15) is 16.8 Å². The van der Waals surface area contributed by atoms with E-state index in [4.69, 9.17) is 34.2 Å². The van der Waals surface area contributed by atoms with Gasteiger partial charge in [-0.25, -0.2) is 4.99 Å². The van der Waals surface area contributed by atoms with Crippen molar-refractivity contribution in [3.05, 3.63) is 35.8 Å². The molecule has 0 aliphatic rings. The molecule has 0 aromatic carbocycles. The van der Waals surface area contributed by atoms with Gasteiger partial charge in [0.05, 0.1) is 12.4 Å². The van der Waals surface area contributed by atoms with Gasteiger partial charge in [-0.2, -0.15) is 0 Å². The van der Waals surface area contributed by atoms with Crippen LogP contribution in [0, 0.1) is 5.41 Å². The summed E-state index contributed by atoms with van der Waals surface area (Å²) in [5.41, 5.74) is 15.7. The molecule has 0 bridgehead atoms. The van der Waals surface area contributed by atoms with Crippen LogP contribution in [-0.4, -0.2) is 17.9 Å². The van der Waals surface area contributed by atoms with Crippen LogP contribution in [-0.2, 0) is 0 Å². The average Bonchev–Trinajstić information content (AvgIpc) is 2.24. The Bertz CT molecular complexity index is 388. The number of amidine groups is 2. The third kappa shape index (κ3) is 11.8. The number of halogens is 1. The maximum atomic E-state index is 6.87. The Hall–Kier alpha value is -2.08. The molecule has 0 rings (SSSR count). The SMILES string of the molecule is N=C(N)/C=N\C=C/C/C=C/C(N)=N\C=C(/N)Cl. The fourth-order valence-electron chi connectivity index (χ4n) is 0.692. The van der Waals surface area contributed by atoms with Crippen LogP contribution in [0.1, 0.15) is 6.42 Å². The molecule has 0 fully saturated rings. The third-order valence-electron chi connectivity index (χ3n) is 1.30. The Balaban J connectivity index is 4.00. The highest BCUT2D eigenvalue weighted by molar-refractivity contribution is 6.29. The first-order valence-corrected chi connectivity index (χ1v) is 5.03. The minimum absolute atomic E-state index is 0.0693. The lowest BCUT2D eigenvalue weighted by Gasteiger charge is -1.88. The van der Waals surface area contributed by atoms with Gasteiger partial charge in [-0.3, -0.25) is 10.4 Å². The summed E-state index contributed by atoms with van der Waals surface area (Å²) in [5, 5.41) is 6.94. The zero-order valence-electron chi connectivity index (χ0n) is 9.18. The van der Waals surface area contributed by atoms with Gasteiger partial charge in [0.15, 0.2) is 0 Å². The number of hydrogen-bond acceptors (Lipinski definition) is 4. The molecule has 0 radical (unpaired) electrons. The topological polar surface area (TPSA) is 127 Å². The molecule has 6 nitrogen and oxygen atoms in total.